The molecule has 1 unspecified atom stereocenters. The Hall–Kier alpha value is -2.49. The lowest BCUT2D eigenvalue weighted by molar-refractivity contribution is -0.124. The highest BCUT2D eigenvalue weighted by atomic mass is 16.5. The predicted octanol–water partition coefficient (Wildman–Crippen LogP) is 3.67. The van der Waals surface area contributed by atoms with Crippen molar-refractivity contribution >= 4 is 5.91 Å². The fourth-order valence-corrected chi connectivity index (χ4v) is 2.39. The van der Waals surface area contributed by atoms with E-state index in [-0.39, 0.29) is 24.3 Å². The Labute approximate surface area is 137 Å². The number of ether oxygens (including phenoxy) is 1. The number of carbonyl (C=O) groups is 1. The average Bonchev–Trinajstić information content (AvgIpc) is 2.54. The molecule has 122 valence electrons. The van der Waals surface area contributed by atoms with Crippen molar-refractivity contribution in [1.82, 2.24) is 5.32 Å². The minimum absolute atomic E-state index is 0.0297. The van der Waals surface area contributed by atoms with Crippen LogP contribution in [-0.2, 0) is 4.79 Å². The van der Waals surface area contributed by atoms with Crippen LogP contribution in [0.4, 0.5) is 0 Å². The highest BCUT2D eigenvalue weighted by Crippen LogP contribution is 2.24. The molecule has 2 aromatic carbocycles. The van der Waals surface area contributed by atoms with E-state index in [1.54, 1.807) is 18.2 Å². The van der Waals surface area contributed by atoms with Gasteiger partial charge in [0, 0.05) is 0 Å². The Bertz CT molecular complexity index is 626. The van der Waals surface area contributed by atoms with Gasteiger partial charge in [0.2, 0.25) is 0 Å². The van der Waals surface area contributed by atoms with Crippen LogP contribution in [-0.4, -0.2) is 17.6 Å². The Morgan fingerprint density at radius 1 is 1.09 bits per heavy atom. The summed E-state index contributed by atoms with van der Waals surface area (Å²) < 4.78 is 5.38. The number of rotatable bonds is 7. The lowest BCUT2D eigenvalue weighted by Crippen LogP contribution is -2.33. The summed E-state index contributed by atoms with van der Waals surface area (Å²) in [7, 11) is 0. The number of phenolic OH excluding ortho intramolecular Hbond substituents is 1. The number of benzene rings is 2. The molecular formula is C19H23NO3. The molecule has 4 nitrogen and oxygen atoms in total. The second-order valence-electron chi connectivity index (χ2n) is 5.92. The molecule has 23 heavy (non-hydrogen) atoms. The van der Waals surface area contributed by atoms with Gasteiger partial charge in [0.15, 0.2) is 18.1 Å². The van der Waals surface area contributed by atoms with Crippen molar-refractivity contribution in [3.63, 3.8) is 0 Å². The number of nitrogens with one attached hydrogen (secondary N) is 1. The van der Waals surface area contributed by atoms with Gasteiger partial charge >= 0.3 is 0 Å². The minimum atomic E-state index is -0.206. The maximum Gasteiger partial charge on any atom is 0.258 e. The van der Waals surface area contributed by atoms with Gasteiger partial charge in [-0.3, -0.25) is 4.79 Å². The zero-order chi connectivity index (χ0) is 16.7. The van der Waals surface area contributed by atoms with Crippen molar-refractivity contribution in [3.8, 4) is 11.5 Å². The summed E-state index contributed by atoms with van der Waals surface area (Å²) >= 11 is 0. The molecule has 0 radical (unpaired) electrons. The van der Waals surface area contributed by atoms with E-state index in [0.29, 0.717) is 11.7 Å². The van der Waals surface area contributed by atoms with Gasteiger partial charge in [-0.2, -0.15) is 0 Å². The van der Waals surface area contributed by atoms with Gasteiger partial charge in [-0.05, 0) is 30.0 Å². The van der Waals surface area contributed by atoms with Gasteiger partial charge in [-0.1, -0.05) is 56.3 Å². The number of hydrogen-bond donors (Lipinski definition) is 2. The van der Waals surface area contributed by atoms with Crippen molar-refractivity contribution in [2.75, 3.05) is 6.61 Å². The predicted molar refractivity (Wildman–Crippen MR) is 90.4 cm³/mol. The molecule has 0 fully saturated rings. The van der Waals surface area contributed by atoms with Crippen LogP contribution in [0.25, 0.3) is 0 Å². The SMILES string of the molecule is CC(C)CC(NC(=O)COc1ccccc1O)c1ccccc1. The number of carbonyl (C=O) groups excluding carboxylic acids is 1. The first-order valence-electron chi connectivity index (χ1n) is 7.81. The third-order valence-electron chi connectivity index (χ3n) is 3.47. The molecule has 0 aromatic heterocycles. The summed E-state index contributed by atoms with van der Waals surface area (Å²) in [5.41, 5.74) is 1.08. The number of para-hydroxylation sites is 2. The molecule has 0 saturated heterocycles. The van der Waals surface area contributed by atoms with Gasteiger partial charge < -0.3 is 15.2 Å². The molecule has 2 N–H and O–H groups in total. The van der Waals surface area contributed by atoms with Gasteiger partial charge in [0.05, 0.1) is 6.04 Å². The summed E-state index contributed by atoms with van der Waals surface area (Å²) in [6, 6.07) is 16.5. The van der Waals surface area contributed by atoms with Crippen LogP contribution >= 0.6 is 0 Å². The quantitative estimate of drug-likeness (QED) is 0.820. The molecule has 1 amide bonds. The summed E-state index contributed by atoms with van der Waals surface area (Å²) in [5, 5.41) is 12.7. The second kappa shape index (κ2) is 8.22. The van der Waals surface area contributed by atoms with Gasteiger partial charge in [-0.25, -0.2) is 0 Å². The molecule has 2 rings (SSSR count). The molecule has 0 heterocycles. The molecule has 0 aliphatic rings. The van der Waals surface area contributed by atoms with E-state index in [9.17, 15) is 9.90 Å². The Kier molecular flexibility index (Phi) is 6.03. The molecule has 0 aliphatic carbocycles. The molecule has 2 aromatic rings. The first kappa shape index (κ1) is 16.9. The molecule has 0 spiro atoms. The Morgan fingerprint density at radius 3 is 2.39 bits per heavy atom. The van der Waals surface area contributed by atoms with Gasteiger partial charge in [0.25, 0.3) is 5.91 Å². The average molecular weight is 313 g/mol. The van der Waals surface area contributed by atoms with Crippen LogP contribution < -0.4 is 10.1 Å². The van der Waals surface area contributed by atoms with E-state index < -0.39 is 0 Å². The van der Waals surface area contributed by atoms with Gasteiger partial charge in [-0.15, -0.1) is 0 Å². The van der Waals surface area contributed by atoms with Crippen molar-refractivity contribution in [2.45, 2.75) is 26.3 Å². The zero-order valence-electron chi connectivity index (χ0n) is 13.5. The molecule has 4 heteroatoms. The summed E-state index contributed by atoms with van der Waals surface area (Å²) in [6.45, 7) is 4.13. The molecule has 0 saturated carbocycles. The molecular weight excluding hydrogens is 290 g/mol. The van der Waals surface area contributed by atoms with Gasteiger partial charge in [0.1, 0.15) is 0 Å². The molecule has 0 bridgehead atoms. The van der Waals surface area contributed by atoms with E-state index in [0.717, 1.165) is 12.0 Å². The zero-order valence-corrected chi connectivity index (χ0v) is 13.5. The lowest BCUT2D eigenvalue weighted by Gasteiger charge is -2.21. The summed E-state index contributed by atoms with van der Waals surface area (Å²) in [6.07, 6.45) is 0.854. The van der Waals surface area contributed by atoms with Crippen LogP contribution in [0, 0.1) is 5.92 Å². The first-order valence-corrected chi connectivity index (χ1v) is 7.81. The van der Waals surface area contributed by atoms with Crippen molar-refractivity contribution in [3.05, 3.63) is 60.2 Å². The number of aromatic hydroxyl groups is 1. The summed E-state index contributed by atoms with van der Waals surface area (Å²) in [5.74, 6) is 0.590. The van der Waals surface area contributed by atoms with Crippen molar-refractivity contribution in [1.29, 1.82) is 0 Å². The topological polar surface area (TPSA) is 58.6 Å². The van der Waals surface area contributed by atoms with E-state index in [1.807, 2.05) is 30.3 Å². The largest absolute Gasteiger partial charge is 0.504 e. The Balaban J connectivity index is 1.96. The Morgan fingerprint density at radius 2 is 1.74 bits per heavy atom. The van der Waals surface area contributed by atoms with E-state index in [4.69, 9.17) is 4.74 Å². The normalized spacial score (nSPS) is 12.0. The lowest BCUT2D eigenvalue weighted by atomic mass is 9.97. The monoisotopic (exact) mass is 313 g/mol. The fourth-order valence-electron chi connectivity index (χ4n) is 2.39. The maximum atomic E-state index is 12.2. The third kappa shape index (κ3) is 5.33. The highest BCUT2D eigenvalue weighted by molar-refractivity contribution is 5.78. The van der Waals surface area contributed by atoms with Crippen LogP contribution in [0.1, 0.15) is 31.9 Å². The minimum Gasteiger partial charge on any atom is -0.504 e. The van der Waals surface area contributed by atoms with Crippen LogP contribution in [0.3, 0.4) is 0 Å². The fraction of sp³-hybridized carbons (Fsp3) is 0.316. The van der Waals surface area contributed by atoms with Crippen LogP contribution in [0.15, 0.2) is 54.6 Å². The number of phenols is 1. The van der Waals surface area contributed by atoms with Crippen molar-refractivity contribution < 1.29 is 14.6 Å². The first-order chi connectivity index (χ1) is 11.1. The second-order valence-corrected chi connectivity index (χ2v) is 5.92. The summed E-state index contributed by atoms with van der Waals surface area (Å²) in [4.78, 5) is 12.2. The highest BCUT2D eigenvalue weighted by Gasteiger charge is 2.16. The number of hydrogen-bond acceptors (Lipinski definition) is 3. The third-order valence-corrected chi connectivity index (χ3v) is 3.47. The van der Waals surface area contributed by atoms with Crippen molar-refractivity contribution in [2.24, 2.45) is 5.92 Å². The van der Waals surface area contributed by atoms with Crippen LogP contribution in [0.2, 0.25) is 0 Å². The van der Waals surface area contributed by atoms with E-state index in [2.05, 4.69) is 19.2 Å². The molecule has 1 atom stereocenters. The maximum absolute atomic E-state index is 12.2. The smallest absolute Gasteiger partial charge is 0.258 e. The van der Waals surface area contributed by atoms with E-state index in [1.165, 1.54) is 6.07 Å². The number of amides is 1. The van der Waals surface area contributed by atoms with E-state index >= 15 is 0 Å². The standard InChI is InChI=1S/C19H23NO3/c1-14(2)12-16(15-8-4-3-5-9-15)20-19(22)13-23-18-11-7-6-10-17(18)21/h3-11,14,16,21H,12-13H2,1-2H3,(H,20,22). The van der Waals surface area contributed by atoms with Crippen LogP contribution in [0.5, 0.6) is 11.5 Å². The molecule has 0 aliphatic heterocycles.